The summed E-state index contributed by atoms with van der Waals surface area (Å²) < 4.78 is 10.9. The number of nitrogens with one attached hydrogen (secondary N) is 1. The molecule has 0 aromatic heterocycles. The van der Waals surface area contributed by atoms with Crippen molar-refractivity contribution >= 4 is 18.0 Å². The summed E-state index contributed by atoms with van der Waals surface area (Å²) in [7, 11) is 1.45. The molecular weight excluding hydrogens is 448 g/mol. The molecule has 1 aliphatic carbocycles. The van der Waals surface area contributed by atoms with Crippen molar-refractivity contribution in [3.63, 3.8) is 0 Å². The van der Waals surface area contributed by atoms with Gasteiger partial charge in [-0.15, -0.1) is 0 Å². The van der Waals surface area contributed by atoms with Crippen molar-refractivity contribution in [1.29, 1.82) is 0 Å². The molecule has 3 atom stereocenters. The summed E-state index contributed by atoms with van der Waals surface area (Å²) in [6, 6.07) is 15.8. The molecule has 0 bridgehead atoms. The molecule has 3 unspecified atom stereocenters. The molecule has 2 amide bonds. The number of methoxy groups -OCH3 is 1. The van der Waals surface area contributed by atoms with Crippen LogP contribution in [0.5, 0.6) is 0 Å². The number of carboxylic acids is 1. The fourth-order valence-corrected chi connectivity index (χ4v) is 5.02. The number of nitrogens with zero attached hydrogens (tertiary/aromatic N) is 1. The molecule has 1 fully saturated rings. The summed E-state index contributed by atoms with van der Waals surface area (Å²) in [6.45, 7) is 4.36. The quantitative estimate of drug-likeness (QED) is 0.599. The average molecular weight is 481 g/mol. The summed E-state index contributed by atoms with van der Waals surface area (Å²) >= 11 is 0. The maximum absolute atomic E-state index is 12.9. The highest BCUT2D eigenvalue weighted by Gasteiger charge is 2.40. The van der Waals surface area contributed by atoms with E-state index < -0.39 is 30.1 Å². The summed E-state index contributed by atoms with van der Waals surface area (Å²) in [5, 5.41) is 12.2. The lowest BCUT2D eigenvalue weighted by Crippen LogP contribution is -2.43. The minimum atomic E-state index is -0.982. The van der Waals surface area contributed by atoms with Crippen LogP contribution in [0.15, 0.2) is 48.5 Å². The molecule has 1 aliphatic heterocycles. The lowest BCUT2D eigenvalue weighted by atomic mass is 9.98. The number of aliphatic carboxylic acids is 1. The lowest BCUT2D eigenvalue weighted by Gasteiger charge is -2.25. The van der Waals surface area contributed by atoms with Crippen molar-refractivity contribution in [1.82, 2.24) is 10.2 Å². The third kappa shape index (κ3) is 5.17. The fraction of sp³-hybridized carbons (Fsp3) is 0.444. The minimum absolute atomic E-state index is 0.0180. The first-order valence-electron chi connectivity index (χ1n) is 11.9. The van der Waals surface area contributed by atoms with Crippen LogP contribution in [-0.2, 0) is 19.1 Å². The van der Waals surface area contributed by atoms with Gasteiger partial charge in [0.15, 0.2) is 0 Å². The largest absolute Gasteiger partial charge is 0.481 e. The molecule has 2 aromatic rings. The molecule has 1 heterocycles. The highest BCUT2D eigenvalue weighted by molar-refractivity contribution is 5.81. The fourth-order valence-electron chi connectivity index (χ4n) is 5.02. The second-order valence-electron chi connectivity index (χ2n) is 9.54. The smallest absolute Gasteiger partial charge is 0.407 e. The molecule has 186 valence electrons. The molecule has 35 heavy (non-hydrogen) atoms. The van der Waals surface area contributed by atoms with Crippen molar-refractivity contribution in [3.8, 4) is 11.1 Å². The van der Waals surface area contributed by atoms with E-state index in [1.165, 1.54) is 12.0 Å². The first-order valence-corrected chi connectivity index (χ1v) is 11.9. The highest BCUT2D eigenvalue weighted by atomic mass is 16.5. The van der Waals surface area contributed by atoms with Crippen LogP contribution in [0.25, 0.3) is 11.1 Å². The van der Waals surface area contributed by atoms with Crippen LogP contribution in [0.1, 0.15) is 37.3 Å². The van der Waals surface area contributed by atoms with E-state index in [9.17, 15) is 19.5 Å². The van der Waals surface area contributed by atoms with Crippen molar-refractivity contribution in [2.24, 2.45) is 11.8 Å². The van der Waals surface area contributed by atoms with Gasteiger partial charge in [0.1, 0.15) is 12.5 Å². The van der Waals surface area contributed by atoms with E-state index in [1.807, 2.05) is 38.1 Å². The number of ether oxygens (including phenoxy) is 2. The number of carboxylic acid groups (broad SMARTS) is 1. The van der Waals surface area contributed by atoms with Gasteiger partial charge in [-0.3, -0.25) is 9.59 Å². The maximum Gasteiger partial charge on any atom is 0.407 e. The summed E-state index contributed by atoms with van der Waals surface area (Å²) in [5.74, 6) is -2.01. The van der Waals surface area contributed by atoms with Crippen molar-refractivity contribution in [3.05, 3.63) is 59.7 Å². The maximum atomic E-state index is 12.9. The first kappa shape index (κ1) is 24.7. The van der Waals surface area contributed by atoms with Crippen LogP contribution in [0.3, 0.4) is 0 Å². The molecular formula is C27H32N2O6. The van der Waals surface area contributed by atoms with Crippen LogP contribution >= 0.6 is 0 Å². The monoisotopic (exact) mass is 480 g/mol. The zero-order valence-corrected chi connectivity index (χ0v) is 20.3. The van der Waals surface area contributed by atoms with Gasteiger partial charge in [-0.25, -0.2) is 4.79 Å². The Labute approximate surface area is 205 Å². The van der Waals surface area contributed by atoms with E-state index >= 15 is 0 Å². The molecule has 8 nitrogen and oxygen atoms in total. The Hall–Kier alpha value is -3.39. The van der Waals surface area contributed by atoms with Crippen LogP contribution in [0.2, 0.25) is 0 Å². The van der Waals surface area contributed by atoms with Crippen molar-refractivity contribution in [2.45, 2.75) is 38.3 Å². The third-order valence-electron chi connectivity index (χ3n) is 7.09. The van der Waals surface area contributed by atoms with Crippen LogP contribution < -0.4 is 5.32 Å². The number of likely N-dealkylation sites (tertiary alicyclic amines) is 1. The number of carbonyl (C=O) groups excluding carboxylic acids is 2. The molecule has 0 saturated carbocycles. The summed E-state index contributed by atoms with van der Waals surface area (Å²) in [6.07, 6.45) is -1.05. The molecule has 2 aromatic carbocycles. The van der Waals surface area contributed by atoms with E-state index in [4.69, 9.17) is 9.47 Å². The van der Waals surface area contributed by atoms with E-state index in [-0.39, 0.29) is 43.9 Å². The number of hydrogen-bond acceptors (Lipinski definition) is 5. The lowest BCUT2D eigenvalue weighted by molar-refractivity contribution is -0.144. The van der Waals surface area contributed by atoms with Gasteiger partial charge in [-0.05, 0) is 28.2 Å². The van der Waals surface area contributed by atoms with Gasteiger partial charge in [0.05, 0.1) is 6.10 Å². The van der Waals surface area contributed by atoms with E-state index in [0.717, 1.165) is 22.3 Å². The molecule has 4 rings (SSSR count). The molecule has 1 saturated heterocycles. The topological polar surface area (TPSA) is 105 Å². The Bertz CT molecular complexity index is 1060. The van der Waals surface area contributed by atoms with Crippen molar-refractivity contribution < 1.29 is 29.0 Å². The average Bonchev–Trinajstić information content (AvgIpc) is 3.42. The highest BCUT2D eigenvalue weighted by Crippen LogP contribution is 2.44. The number of benzene rings is 2. The molecule has 0 radical (unpaired) electrons. The number of fused-ring (bicyclic) bond motifs is 3. The van der Waals surface area contributed by atoms with Crippen molar-refractivity contribution in [2.75, 3.05) is 26.8 Å². The number of amides is 2. The van der Waals surface area contributed by atoms with Crippen LogP contribution in [-0.4, -0.2) is 66.9 Å². The molecule has 2 aliphatic rings. The van der Waals surface area contributed by atoms with Gasteiger partial charge in [0.2, 0.25) is 5.91 Å². The predicted octanol–water partition coefficient (Wildman–Crippen LogP) is 3.50. The summed E-state index contributed by atoms with van der Waals surface area (Å²) in [4.78, 5) is 38.6. The van der Waals surface area contributed by atoms with Crippen LogP contribution in [0.4, 0.5) is 4.79 Å². The standard InChI is InChI=1S/C27H32N2O6/c1-16(2)23(12-25(30)29-13-21(26(31)32)24(14-29)34-3)28-27(33)35-15-22-19-10-6-4-8-17(19)18-9-5-7-11-20(18)22/h4-11,16,21-24H,12-15H2,1-3H3,(H,28,33)(H,31,32). The van der Waals surface area contributed by atoms with Gasteiger partial charge >= 0.3 is 12.1 Å². The summed E-state index contributed by atoms with van der Waals surface area (Å²) in [5.41, 5.74) is 4.57. The SMILES string of the molecule is COC1CN(C(=O)CC(NC(=O)OCC2c3ccccc3-c3ccccc32)C(C)C)CC1C(=O)O. The molecule has 2 N–H and O–H groups in total. The van der Waals surface area contributed by atoms with E-state index in [2.05, 4.69) is 29.6 Å². The Morgan fingerprint density at radius 2 is 1.63 bits per heavy atom. The first-order chi connectivity index (χ1) is 16.8. The number of hydrogen-bond donors (Lipinski definition) is 2. The van der Waals surface area contributed by atoms with E-state index in [0.29, 0.717) is 0 Å². The Balaban J connectivity index is 1.36. The molecule has 8 heteroatoms. The number of carbonyl (C=O) groups is 3. The minimum Gasteiger partial charge on any atom is -0.481 e. The second kappa shape index (κ2) is 10.5. The Morgan fingerprint density at radius 3 is 2.14 bits per heavy atom. The zero-order chi connectivity index (χ0) is 25.1. The molecule has 0 spiro atoms. The Kier molecular flexibility index (Phi) is 7.40. The van der Waals surface area contributed by atoms with Gasteiger partial charge in [-0.2, -0.15) is 0 Å². The van der Waals surface area contributed by atoms with E-state index in [1.54, 1.807) is 0 Å². The zero-order valence-electron chi connectivity index (χ0n) is 20.3. The van der Waals surface area contributed by atoms with Gasteiger partial charge < -0.3 is 24.8 Å². The van der Waals surface area contributed by atoms with Gasteiger partial charge in [-0.1, -0.05) is 62.4 Å². The van der Waals surface area contributed by atoms with Gasteiger partial charge in [0, 0.05) is 38.6 Å². The third-order valence-corrected chi connectivity index (χ3v) is 7.09. The van der Waals surface area contributed by atoms with Gasteiger partial charge in [0.25, 0.3) is 0 Å². The number of rotatable bonds is 8. The van der Waals surface area contributed by atoms with Crippen LogP contribution in [0, 0.1) is 11.8 Å². The predicted molar refractivity (Wildman–Crippen MR) is 130 cm³/mol. The second-order valence-corrected chi connectivity index (χ2v) is 9.54. The number of alkyl carbamates (subject to hydrolysis) is 1. The normalized spacial score (nSPS) is 19.8. The Morgan fingerprint density at radius 1 is 1.03 bits per heavy atom.